The van der Waals surface area contributed by atoms with E-state index in [1.807, 2.05) is 35.1 Å². The number of aliphatic hydroxyl groups excluding tert-OH is 1. The van der Waals surface area contributed by atoms with Gasteiger partial charge in [-0.2, -0.15) is 5.10 Å². The van der Waals surface area contributed by atoms with Crippen molar-refractivity contribution in [2.24, 2.45) is 0 Å². The Bertz CT molecular complexity index is 518. The van der Waals surface area contributed by atoms with E-state index in [1.165, 1.54) is 0 Å². The lowest BCUT2D eigenvalue weighted by Gasteiger charge is -2.11. The molecule has 0 spiro atoms. The maximum absolute atomic E-state index is 9.68. The van der Waals surface area contributed by atoms with Crippen LogP contribution in [0.3, 0.4) is 0 Å². The smallest absolute Gasteiger partial charge is 0.165 e. The molecule has 0 unspecified atom stereocenters. The molecule has 0 bridgehead atoms. The SMILES string of the molecule is CC(C)n1cc(Oc2ccccc2[C@H](C)O)cn1. The molecule has 4 nitrogen and oxygen atoms in total. The predicted molar refractivity (Wildman–Crippen MR) is 69.8 cm³/mol. The first kappa shape index (κ1) is 12.6. The van der Waals surface area contributed by atoms with Gasteiger partial charge in [-0.3, -0.25) is 4.68 Å². The quantitative estimate of drug-likeness (QED) is 0.900. The van der Waals surface area contributed by atoms with Crippen LogP contribution in [-0.4, -0.2) is 14.9 Å². The number of aromatic nitrogens is 2. The van der Waals surface area contributed by atoms with Crippen molar-refractivity contribution < 1.29 is 9.84 Å². The van der Waals surface area contributed by atoms with Crippen molar-refractivity contribution >= 4 is 0 Å². The van der Waals surface area contributed by atoms with Crippen LogP contribution in [0.5, 0.6) is 11.5 Å². The van der Waals surface area contributed by atoms with Crippen LogP contribution in [0.25, 0.3) is 0 Å². The molecule has 0 aliphatic heterocycles. The van der Waals surface area contributed by atoms with Gasteiger partial charge in [0.2, 0.25) is 0 Å². The minimum Gasteiger partial charge on any atom is -0.454 e. The summed E-state index contributed by atoms with van der Waals surface area (Å²) in [7, 11) is 0. The highest BCUT2D eigenvalue weighted by atomic mass is 16.5. The minimum absolute atomic E-state index is 0.300. The van der Waals surface area contributed by atoms with Crippen LogP contribution in [0, 0.1) is 0 Å². The summed E-state index contributed by atoms with van der Waals surface area (Å²) >= 11 is 0. The average molecular weight is 246 g/mol. The van der Waals surface area contributed by atoms with Crippen LogP contribution in [0.2, 0.25) is 0 Å². The van der Waals surface area contributed by atoms with Gasteiger partial charge in [-0.15, -0.1) is 0 Å². The van der Waals surface area contributed by atoms with E-state index in [0.29, 0.717) is 17.5 Å². The van der Waals surface area contributed by atoms with Crippen LogP contribution in [0.15, 0.2) is 36.7 Å². The monoisotopic (exact) mass is 246 g/mol. The maximum Gasteiger partial charge on any atom is 0.165 e. The number of hydrogen-bond donors (Lipinski definition) is 1. The topological polar surface area (TPSA) is 47.3 Å². The molecule has 0 saturated carbocycles. The van der Waals surface area contributed by atoms with Crippen LogP contribution in [0.1, 0.15) is 38.5 Å². The van der Waals surface area contributed by atoms with Crippen molar-refractivity contribution in [3.63, 3.8) is 0 Å². The van der Waals surface area contributed by atoms with Gasteiger partial charge < -0.3 is 9.84 Å². The Balaban J connectivity index is 2.23. The van der Waals surface area contributed by atoms with Crippen LogP contribution in [0.4, 0.5) is 0 Å². The van der Waals surface area contributed by atoms with Gasteiger partial charge in [-0.1, -0.05) is 18.2 Å². The molecule has 0 amide bonds. The Morgan fingerprint density at radius 2 is 1.94 bits per heavy atom. The lowest BCUT2D eigenvalue weighted by molar-refractivity contribution is 0.195. The highest BCUT2D eigenvalue weighted by molar-refractivity contribution is 5.37. The van der Waals surface area contributed by atoms with Crippen molar-refractivity contribution in [3.8, 4) is 11.5 Å². The molecule has 2 aromatic rings. The highest BCUT2D eigenvalue weighted by Crippen LogP contribution is 2.29. The lowest BCUT2D eigenvalue weighted by Crippen LogP contribution is -1.99. The van der Waals surface area contributed by atoms with Crippen LogP contribution in [-0.2, 0) is 0 Å². The van der Waals surface area contributed by atoms with Crippen LogP contribution < -0.4 is 4.74 Å². The molecule has 1 N–H and O–H groups in total. The molecule has 2 rings (SSSR count). The second-order valence-corrected chi connectivity index (χ2v) is 4.57. The third-order valence-corrected chi connectivity index (χ3v) is 2.70. The van der Waals surface area contributed by atoms with Gasteiger partial charge >= 0.3 is 0 Å². The van der Waals surface area contributed by atoms with E-state index in [4.69, 9.17) is 4.74 Å². The maximum atomic E-state index is 9.68. The second-order valence-electron chi connectivity index (χ2n) is 4.57. The number of rotatable bonds is 4. The summed E-state index contributed by atoms with van der Waals surface area (Å²) in [6.07, 6.45) is 2.98. The average Bonchev–Trinajstić information content (AvgIpc) is 2.78. The van der Waals surface area contributed by atoms with Crippen molar-refractivity contribution in [3.05, 3.63) is 42.2 Å². The molecular formula is C14H18N2O2. The largest absolute Gasteiger partial charge is 0.454 e. The van der Waals surface area contributed by atoms with Crippen molar-refractivity contribution in [1.82, 2.24) is 9.78 Å². The van der Waals surface area contributed by atoms with E-state index in [1.54, 1.807) is 13.1 Å². The van der Waals surface area contributed by atoms with Gasteiger partial charge in [0.15, 0.2) is 5.75 Å². The molecule has 0 aliphatic rings. The number of aliphatic hydroxyl groups is 1. The molecule has 18 heavy (non-hydrogen) atoms. The standard InChI is InChI=1S/C14H18N2O2/c1-10(2)16-9-12(8-15-16)18-14-7-5-4-6-13(14)11(3)17/h4-11,17H,1-3H3/t11-/m0/s1. The molecular weight excluding hydrogens is 228 g/mol. The van der Waals surface area contributed by atoms with Gasteiger partial charge in [0, 0.05) is 11.6 Å². The molecule has 1 aromatic heterocycles. The molecule has 1 aromatic carbocycles. The molecule has 0 aliphatic carbocycles. The number of ether oxygens (including phenoxy) is 1. The third-order valence-electron chi connectivity index (χ3n) is 2.70. The van der Waals surface area contributed by atoms with E-state index in [-0.39, 0.29) is 0 Å². The van der Waals surface area contributed by atoms with E-state index in [2.05, 4.69) is 18.9 Å². The van der Waals surface area contributed by atoms with Gasteiger partial charge in [-0.05, 0) is 26.8 Å². The summed E-state index contributed by atoms with van der Waals surface area (Å²) in [5, 5.41) is 13.9. The zero-order valence-electron chi connectivity index (χ0n) is 10.9. The van der Waals surface area contributed by atoms with Gasteiger partial charge in [0.05, 0.1) is 18.5 Å². The number of para-hydroxylation sites is 1. The summed E-state index contributed by atoms with van der Waals surface area (Å²) in [6, 6.07) is 7.76. The summed E-state index contributed by atoms with van der Waals surface area (Å²) in [5.74, 6) is 1.34. The van der Waals surface area contributed by atoms with Crippen LogP contribution >= 0.6 is 0 Å². The number of benzene rings is 1. The van der Waals surface area contributed by atoms with Gasteiger partial charge in [0.25, 0.3) is 0 Å². The van der Waals surface area contributed by atoms with Gasteiger partial charge in [0.1, 0.15) is 5.75 Å². The Morgan fingerprint density at radius 1 is 1.22 bits per heavy atom. The Hall–Kier alpha value is -1.81. The summed E-state index contributed by atoms with van der Waals surface area (Å²) in [5.41, 5.74) is 0.773. The molecule has 4 heteroatoms. The first-order chi connectivity index (χ1) is 8.58. The van der Waals surface area contributed by atoms with E-state index >= 15 is 0 Å². The Morgan fingerprint density at radius 3 is 2.56 bits per heavy atom. The first-order valence-corrected chi connectivity index (χ1v) is 6.07. The summed E-state index contributed by atoms with van der Waals surface area (Å²) in [4.78, 5) is 0. The zero-order chi connectivity index (χ0) is 13.1. The van der Waals surface area contributed by atoms with Crippen molar-refractivity contribution in [1.29, 1.82) is 0 Å². The molecule has 0 radical (unpaired) electrons. The summed E-state index contributed by atoms with van der Waals surface area (Å²) < 4.78 is 7.59. The molecule has 0 saturated heterocycles. The lowest BCUT2D eigenvalue weighted by atomic mass is 10.1. The highest BCUT2D eigenvalue weighted by Gasteiger charge is 2.10. The fourth-order valence-electron chi connectivity index (χ4n) is 1.70. The Kier molecular flexibility index (Phi) is 3.67. The predicted octanol–water partition coefficient (Wildman–Crippen LogP) is 3.31. The molecule has 96 valence electrons. The van der Waals surface area contributed by atoms with E-state index < -0.39 is 6.10 Å². The summed E-state index contributed by atoms with van der Waals surface area (Å²) in [6.45, 7) is 5.83. The van der Waals surface area contributed by atoms with E-state index in [9.17, 15) is 5.11 Å². The van der Waals surface area contributed by atoms with Gasteiger partial charge in [-0.25, -0.2) is 0 Å². The van der Waals surface area contributed by atoms with Crippen molar-refractivity contribution in [2.45, 2.75) is 32.9 Å². The molecule has 0 fully saturated rings. The normalized spacial score (nSPS) is 12.7. The number of nitrogens with zero attached hydrogens (tertiary/aromatic N) is 2. The molecule has 1 heterocycles. The van der Waals surface area contributed by atoms with E-state index in [0.717, 1.165) is 5.56 Å². The second kappa shape index (κ2) is 5.23. The molecule has 1 atom stereocenters. The fraction of sp³-hybridized carbons (Fsp3) is 0.357. The number of hydrogen-bond acceptors (Lipinski definition) is 3. The minimum atomic E-state index is -0.554. The first-order valence-electron chi connectivity index (χ1n) is 6.07. The third kappa shape index (κ3) is 2.71. The zero-order valence-corrected chi connectivity index (χ0v) is 10.9. The van der Waals surface area contributed by atoms with Crippen molar-refractivity contribution in [2.75, 3.05) is 0 Å². The Labute approximate surface area is 107 Å². The fourth-order valence-corrected chi connectivity index (χ4v) is 1.70.